The van der Waals surface area contributed by atoms with Crippen LogP contribution in [0.2, 0.25) is 0 Å². The molecule has 1 fully saturated rings. The second-order valence-electron chi connectivity index (χ2n) is 7.97. The zero-order valence-corrected chi connectivity index (χ0v) is 16.9. The van der Waals surface area contributed by atoms with Crippen molar-refractivity contribution in [1.82, 2.24) is 24.2 Å². The van der Waals surface area contributed by atoms with Crippen molar-refractivity contribution >= 4 is 11.6 Å². The normalized spacial score (nSPS) is 16.8. The van der Waals surface area contributed by atoms with Gasteiger partial charge < -0.3 is 14.3 Å². The fourth-order valence-corrected chi connectivity index (χ4v) is 4.02. The Balaban J connectivity index is 1.30. The van der Waals surface area contributed by atoms with E-state index >= 15 is 0 Å². The maximum atomic E-state index is 12.6. The summed E-state index contributed by atoms with van der Waals surface area (Å²) in [6.45, 7) is 4.84. The first-order valence-electron chi connectivity index (χ1n) is 10.1. The van der Waals surface area contributed by atoms with Crippen LogP contribution in [-0.4, -0.2) is 43.9 Å². The molecule has 4 rings (SSSR count). The molecule has 1 aliphatic heterocycles. The quantitative estimate of drug-likeness (QED) is 0.720. The molecular weight excluding hydrogens is 366 g/mol. The van der Waals surface area contributed by atoms with Crippen molar-refractivity contribution in [3.05, 3.63) is 70.5 Å². The summed E-state index contributed by atoms with van der Waals surface area (Å²) >= 11 is 0. The summed E-state index contributed by atoms with van der Waals surface area (Å²) < 4.78 is 3.44. The van der Waals surface area contributed by atoms with Gasteiger partial charge in [0, 0.05) is 50.5 Å². The Hall–Kier alpha value is -2.93. The number of hydrogen-bond donors (Lipinski definition) is 1. The molecule has 0 spiro atoms. The highest BCUT2D eigenvalue weighted by molar-refractivity contribution is 5.94. The predicted octanol–water partition coefficient (Wildman–Crippen LogP) is 2.06. The monoisotopic (exact) mass is 393 g/mol. The Morgan fingerprint density at radius 3 is 2.79 bits per heavy atom. The van der Waals surface area contributed by atoms with Crippen LogP contribution in [0.15, 0.2) is 53.8 Å². The number of piperidine rings is 1. The van der Waals surface area contributed by atoms with Crippen LogP contribution < -0.4 is 10.9 Å². The number of carbonyl (C=O) groups is 1. The number of imidazole rings is 1. The second kappa shape index (κ2) is 8.21. The summed E-state index contributed by atoms with van der Waals surface area (Å²) in [5.41, 5.74) is 2.56. The molecule has 7 heteroatoms. The van der Waals surface area contributed by atoms with Gasteiger partial charge in [0.1, 0.15) is 5.65 Å². The van der Waals surface area contributed by atoms with Crippen LogP contribution in [0.25, 0.3) is 5.65 Å². The first-order chi connectivity index (χ1) is 14.0. The average molecular weight is 393 g/mol. The first-order valence-corrected chi connectivity index (χ1v) is 10.1. The molecule has 1 atom stereocenters. The third kappa shape index (κ3) is 4.40. The predicted molar refractivity (Wildman–Crippen MR) is 112 cm³/mol. The van der Waals surface area contributed by atoms with E-state index in [4.69, 9.17) is 0 Å². The number of fused-ring (bicyclic) bond motifs is 1. The number of pyridine rings is 2. The van der Waals surface area contributed by atoms with Gasteiger partial charge in [0.15, 0.2) is 0 Å². The van der Waals surface area contributed by atoms with Gasteiger partial charge in [-0.3, -0.25) is 14.5 Å². The van der Waals surface area contributed by atoms with Gasteiger partial charge in [-0.15, -0.1) is 0 Å². The van der Waals surface area contributed by atoms with Crippen molar-refractivity contribution < 1.29 is 4.79 Å². The van der Waals surface area contributed by atoms with Gasteiger partial charge in [-0.2, -0.15) is 0 Å². The third-order valence-corrected chi connectivity index (χ3v) is 5.92. The average Bonchev–Trinajstić information content (AvgIpc) is 3.19. The van der Waals surface area contributed by atoms with Crippen LogP contribution in [0.5, 0.6) is 0 Å². The lowest BCUT2D eigenvalue weighted by Gasteiger charge is -2.35. The molecular formula is C22H27N5O2. The molecule has 1 aliphatic rings. The molecule has 7 nitrogen and oxygen atoms in total. The van der Waals surface area contributed by atoms with E-state index in [0.717, 1.165) is 43.7 Å². The maximum Gasteiger partial charge on any atom is 0.252 e. The van der Waals surface area contributed by atoms with Gasteiger partial charge in [-0.25, -0.2) is 4.98 Å². The van der Waals surface area contributed by atoms with Gasteiger partial charge >= 0.3 is 0 Å². The van der Waals surface area contributed by atoms with Gasteiger partial charge in [0.2, 0.25) is 0 Å². The standard InChI is InChI=1S/C22H27N5O2/c1-16(24-22(29)19-3-4-20-23-8-12-27(20)15-19)18-6-10-26(11-7-18)14-17-5-9-25(2)21(28)13-17/h3-5,8-9,12-13,15-16,18H,6-7,10-11,14H2,1-2H3,(H,24,29)/t16-/m1/s1. The number of hydrogen-bond acceptors (Lipinski definition) is 4. The Labute approximate surface area is 170 Å². The van der Waals surface area contributed by atoms with E-state index in [1.807, 2.05) is 41.2 Å². The number of aryl methyl sites for hydroxylation is 1. The van der Waals surface area contributed by atoms with Crippen molar-refractivity contribution in [2.24, 2.45) is 13.0 Å². The summed E-state index contributed by atoms with van der Waals surface area (Å²) in [4.78, 5) is 31.0. The van der Waals surface area contributed by atoms with E-state index < -0.39 is 0 Å². The minimum absolute atomic E-state index is 0.0302. The van der Waals surface area contributed by atoms with Crippen molar-refractivity contribution in [2.75, 3.05) is 13.1 Å². The Bertz CT molecular complexity index is 1060. The number of aromatic nitrogens is 3. The number of likely N-dealkylation sites (tertiary alicyclic amines) is 1. The van der Waals surface area contributed by atoms with Crippen LogP contribution in [-0.2, 0) is 13.6 Å². The maximum absolute atomic E-state index is 12.6. The number of nitrogens with one attached hydrogen (secondary N) is 1. The number of rotatable bonds is 5. The van der Waals surface area contributed by atoms with E-state index in [9.17, 15) is 9.59 Å². The topological polar surface area (TPSA) is 71.6 Å². The lowest BCUT2D eigenvalue weighted by atomic mass is 9.90. The largest absolute Gasteiger partial charge is 0.349 e. The van der Waals surface area contributed by atoms with Crippen molar-refractivity contribution in [3.63, 3.8) is 0 Å². The van der Waals surface area contributed by atoms with Crippen LogP contribution in [0, 0.1) is 5.92 Å². The highest BCUT2D eigenvalue weighted by Gasteiger charge is 2.25. The first kappa shape index (κ1) is 19.4. The smallest absolute Gasteiger partial charge is 0.252 e. The molecule has 3 aromatic heterocycles. The number of carbonyl (C=O) groups excluding carboxylic acids is 1. The molecule has 0 radical (unpaired) electrons. The van der Waals surface area contributed by atoms with E-state index in [2.05, 4.69) is 22.1 Å². The molecule has 3 aromatic rings. The Kier molecular flexibility index (Phi) is 5.49. The fraction of sp³-hybridized carbons (Fsp3) is 0.409. The summed E-state index contributed by atoms with van der Waals surface area (Å²) in [5, 5.41) is 3.17. The fourth-order valence-electron chi connectivity index (χ4n) is 4.02. The molecule has 0 unspecified atom stereocenters. The van der Waals surface area contributed by atoms with E-state index in [1.54, 1.807) is 23.9 Å². The van der Waals surface area contributed by atoms with Gasteiger partial charge in [0.25, 0.3) is 11.5 Å². The number of nitrogens with zero attached hydrogens (tertiary/aromatic N) is 4. The van der Waals surface area contributed by atoms with Crippen LogP contribution in [0.3, 0.4) is 0 Å². The van der Waals surface area contributed by atoms with E-state index in [-0.39, 0.29) is 17.5 Å². The summed E-state index contributed by atoms with van der Waals surface area (Å²) in [5.74, 6) is 0.409. The summed E-state index contributed by atoms with van der Waals surface area (Å²) in [6.07, 6.45) is 9.27. The molecule has 0 saturated carbocycles. The molecule has 152 valence electrons. The van der Waals surface area contributed by atoms with E-state index in [0.29, 0.717) is 11.5 Å². The molecule has 0 aliphatic carbocycles. The van der Waals surface area contributed by atoms with Crippen LogP contribution in [0.4, 0.5) is 0 Å². The Morgan fingerprint density at radius 2 is 2.03 bits per heavy atom. The van der Waals surface area contributed by atoms with Gasteiger partial charge in [0.05, 0.1) is 5.56 Å². The molecule has 1 N–H and O–H groups in total. The highest BCUT2D eigenvalue weighted by atomic mass is 16.1. The van der Waals surface area contributed by atoms with Crippen molar-refractivity contribution in [1.29, 1.82) is 0 Å². The molecule has 1 saturated heterocycles. The number of amides is 1. The SMILES string of the molecule is C[C@@H](NC(=O)c1ccc2nccn2c1)C1CCN(Cc2ccn(C)c(=O)c2)CC1. The summed E-state index contributed by atoms with van der Waals surface area (Å²) in [6, 6.07) is 7.51. The molecule has 1 amide bonds. The van der Waals surface area contributed by atoms with Crippen molar-refractivity contribution in [2.45, 2.75) is 32.4 Å². The van der Waals surface area contributed by atoms with E-state index in [1.165, 1.54) is 0 Å². The second-order valence-corrected chi connectivity index (χ2v) is 7.97. The van der Waals surface area contributed by atoms with Crippen LogP contribution in [0.1, 0.15) is 35.7 Å². The van der Waals surface area contributed by atoms with Gasteiger partial charge in [-0.05, 0) is 62.5 Å². The minimum atomic E-state index is -0.0457. The lowest BCUT2D eigenvalue weighted by Crippen LogP contribution is -2.43. The highest BCUT2D eigenvalue weighted by Crippen LogP contribution is 2.22. The van der Waals surface area contributed by atoms with Crippen molar-refractivity contribution in [3.8, 4) is 0 Å². The minimum Gasteiger partial charge on any atom is -0.349 e. The summed E-state index contributed by atoms with van der Waals surface area (Å²) in [7, 11) is 1.76. The molecule has 29 heavy (non-hydrogen) atoms. The zero-order valence-electron chi connectivity index (χ0n) is 16.9. The molecule has 0 bridgehead atoms. The van der Waals surface area contributed by atoms with Gasteiger partial charge in [-0.1, -0.05) is 0 Å². The lowest BCUT2D eigenvalue weighted by molar-refractivity contribution is 0.0900. The Morgan fingerprint density at radius 1 is 1.24 bits per heavy atom. The molecule has 0 aromatic carbocycles. The molecule has 4 heterocycles. The zero-order chi connectivity index (χ0) is 20.4. The van der Waals surface area contributed by atoms with Crippen LogP contribution >= 0.6 is 0 Å². The third-order valence-electron chi connectivity index (χ3n) is 5.92.